The van der Waals surface area contributed by atoms with Gasteiger partial charge >= 0.3 is 0 Å². The number of hydrogen-bond acceptors (Lipinski definition) is 4. The van der Waals surface area contributed by atoms with E-state index in [9.17, 15) is 0 Å². The Labute approximate surface area is 107 Å². The van der Waals surface area contributed by atoms with Crippen molar-refractivity contribution in [2.45, 2.75) is 0 Å². The topological polar surface area (TPSA) is 92.4 Å². The predicted molar refractivity (Wildman–Crippen MR) is 65.1 cm³/mol. The van der Waals surface area contributed by atoms with E-state index in [1.165, 1.54) is 4.68 Å². The van der Waals surface area contributed by atoms with E-state index in [0.717, 1.165) is 0 Å². The maximum Gasteiger partial charge on any atom is 0.175 e. The van der Waals surface area contributed by atoms with Crippen LogP contribution >= 0.6 is 11.6 Å². The molecule has 0 fully saturated rings. The summed E-state index contributed by atoms with van der Waals surface area (Å²) in [5.74, 6) is 6.05. The Kier molecular flexibility index (Phi) is 3.76. The molecular formula is C10H6ClN7. The normalized spacial score (nSPS) is 9.17. The van der Waals surface area contributed by atoms with Crippen molar-refractivity contribution in [3.63, 3.8) is 0 Å². The molecule has 7 nitrogen and oxygen atoms in total. The number of rotatable bonds is 2. The van der Waals surface area contributed by atoms with Gasteiger partial charge in [0, 0.05) is 11.1 Å². The number of azide groups is 1. The standard InChI is InChI=1S/C10H6ClN7/c11-9-3-4-10(16-15-9)18-7-8(6-14-18)2-1-5-13-17-12/h3-4,6-7H,5H2. The summed E-state index contributed by atoms with van der Waals surface area (Å²) in [6.07, 6.45) is 3.28. The van der Waals surface area contributed by atoms with E-state index >= 15 is 0 Å². The van der Waals surface area contributed by atoms with Gasteiger partial charge in [-0.2, -0.15) is 5.10 Å². The minimum absolute atomic E-state index is 0.127. The Bertz CT molecular complexity index is 643. The second-order valence-corrected chi connectivity index (χ2v) is 3.47. The molecule has 0 bridgehead atoms. The molecule has 0 amide bonds. The smallest absolute Gasteiger partial charge is 0.175 e. The zero-order valence-corrected chi connectivity index (χ0v) is 9.78. The van der Waals surface area contributed by atoms with Crippen LogP contribution in [-0.2, 0) is 0 Å². The Balaban J connectivity index is 2.16. The van der Waals surface area contributed by atoms with E-state index in [2.05, 4.69) is 37.2 Å². The average Bonchev–Trinajstić information content (AvgIpc) is 2.84. The lowest BCUT2D eigenvalue weighted by Crippen LogP contribution is -1.98. The molecule has 88 valence electrons. The molecular weight excluding hydrogens is 254 g/mol. The lowest BCUT2D eigenvalue weighted by Gasteiger charge is -1.96. The molecule has 2 heterocycles. The van der Waals surface area contributed by atoms with E-state index in [1.807, 2.05) is 0 Å². The molecule has 0 saturated heterocycles. The summed E-state index contributed by atoms with van der Waals surface area (Å²) in [5.41, 5.74) is 8.78. The van der Waals surface area contributed by atoms with Crippen molar-refractivity contribution < 1.29 is 0 Å². The first-order chi connectivity index (χ1) is 8.79. The van der Waals surface area contributed by atoms with Crippen LogP contribution in [0.3, 0.4) is 0 Å². The molecule has 2 rings (SSSR count). The van der Waals surface area contributed by atoms with Crippen molar-refractivity contribution in [1.82, 2.24) is 20.0 Å². The third-order valence-electron chi connectivity index (χ3n) is 1.88. The first kappa shape index (κ1) is 11.9. The van der Waals surface area contributed by atoms with Gasteiger partial charge in [0.2, 0.25) is 0 Å². The van der Waals surface area contributed by atoms with E-state index in [0.29, 0.717) is 16.5 Å². The number of hydrogen-bond donors (Lipinski definition) is 0. The molecule has 0 N–H and O–H groups in total. The van der Waals surface area contributed by atoms with Gasteiger partial charge < -0.3 is 0 Å². The molecule has 0 aliphatic rings. The van der Waals surface area contributed by atoms with Gasteiger partial charge in [0.25, 0.3) is 0 Å². The first-order valence-corrected chi connectivity index (χ1v) is 5.21. The highest BCUT2D eigenvalue weighted by molar-refractivity contribution is 6.29. The zero-order chi connectivity index (χ0) is 12.8. The molecule has 0 atom stereocenters. The van der Waals surface area contributed by atoms with Crippen molar-refractivity contribution in [2.24, 2.45) is 5.11 Å². The van der Waals surface area contributed by atoms with Crippen LogP contribution in [0.4, 0.5) is 0 Å². The second-order valence-electron chi connectivity index (χ2n) is 3.08. The molecule has 0 saturated carbocycles. The van der Waals surface area contributed by atoms with Crippen LogP contribution in [0.2, 0.25) is 5.15 Å². The van der Waals surface area contributed by atoms with Crippen LogP contribution in [0.15, 0.2) is 29.6 Å². The van der Waals surface area contributed by atoms with Crippen LogP contribution in [-0.4, -0.2) is 26.5 Å². The highest BCUT2D eigenvalue weighted by Crippen LogP contribution is 2.06. The zero-order valence-electron chi connectivity index (χ0n) is 9.02. The third kappa shape index (κ3) is 2.98. The van der Waals surface area contributed by atoms with Crippen LogP contribution in [0.5, 0.6) is 0 Å². The summed E-state index contributed by atoms with van der Waals surface area (Å²) in [6.45, 7) is 0.127. The van der Waals surface area contributed by atoms with Gasteiger partial charge in [-0.1, -0.05) is 28.6 Å². The second kappa shape index (κ2) is 5.68. The molecule has 8 heteroatoms. The number of halogens is 1. The molecule has 2 aromatic heterocycles. The van der Waals surface area contributed by atoms with Crippen LogP contribution in [0, 0.1) is 11.8 Å². The molecule has 0 aliphatic heterocycles. The van der Waals surface area contributed by atoms with Crippen molar-refractivity contribution in [3.8, 4) is 17.7 Å². The number of aromatic nitrogens is 4. The molecule has 0 radical (unpaired) electrons. The van der Waals surface area contributed by atoms with E-state index < -0.39 is 0 Å². The number of nitrogens with zero attached hydrogens (tertiary/aromatic N) is 7. The molecule has 0 aliphatic carbocycles. The first-order valence-electron chi connectivity index (χ1n) is 4.83. The van der Waals surface area contributed by atoms with Gasteiger partial charge in [-0.25, -0.2) is 4.68 Å². The maximum absolute atomic E-state index is 8.09. The molecule has 0 unspecified atom stereocenters. The summed E-state index contributed by atoms with van der Waals surface area (Å²) in [4.78, 5) is 2.60. The molecule has 2 aromatic rings. The van der Waals surface area contributed by atoms with E-state index in [1.54, 1.807) is 24.5 Å². The monoisotopic (exact) mass is 259 g/mol. The van der Waals surface area contributed by atoms with Crippen molar-refractivity contribution in [3.05, 3.63) is 45.7 Å². The van der Waals surface area contributed by atoms with Crippen molar-refractivity contribution >= 4 is 11.6 Å². The van der Waals surface area contributed by atoms with Crippen LogP contribution in [0.25, 0.3) is 16.3 Å². The van der Waals surface area contributed by atoms with Gasteiger partial charge in [-0.05, 0) is 17.7 Å². The fraction of sp³-hybridized carbons (Fsp3) is 0.100. The maximum atomic E-state index is 8.09. The molecule has 0 spiro atoms. The Morgan fingerprint density at radius 2 is 2.33 bits per heavy atom. The highest BCUT2D eigenvalue weighted by Gasteiger charge is 2.00. The van der Waals surface area contributed by atoms with Crippen molar-refractivity contribution in [2.75, 3.05) is 6.54 Å². The van der Waals surface area contributed by atoms with Crippen LogP contribution < -0.4 is 0 Å². The fourth-order valence-corrected chi connectivity index (χ4v) is 1.25. The SMILES string of the molecule is [N-]=[N+]=NCC#Cc1cnn(-c2ccc(Cl)nn2)c1. The van der Waals surface area contributed by atoms with E-state index in [-0.39, 0.29) is 6.54 Å². The van der Waals surface area contributed by atoms with Gasteiger partial charge in [0.05, 0.1) is 18.3 Å². The predicted octanol–water partition coefficient (Wildman–Crippen LogP) is 1.98. The fourth-order valence-electron chi connectivity index (χ4n) is 1.15. The minimum Gasteiger partial charge on any atom is -0.220 e. The molecule has 18 heavy (non-hydrogen) atoms. The third-order valence-corrected chi connectivity index (χ3v) is 2.08. The summed E-state index contributed by atoms with van der Waals surface area (Å²) >= 11 is 5.64. The quantitative estimate of drug-likeness (QED) is 0.357. The summed E-state index contributed by atoms with van der Waals surface area (Å²) in [5, 5.41) is 15.3. The summed E-state index contributed by atoms with van der Waals surface area (Å²) in [6, 6.07) is 3.32. The summed E-state index contributed by atoms with van der Waals surface area (Å²) in [7, 11) is 0. The highest BCUT2D eigenvalue weighted by atomic mass is 35.5. The Hall–Kier alpha value is -2.55. The van der Waals surface area contributed by atoms with Gasteiger partial charge in [0.1, 0.15) is 0 Å². The average molecular weight is 260 g/mol. The molecule has 0 aromatic carbocycles. The lowest BCUT2D eigenvalue weighted by molar-refractivity contribution is 0.814. The lowest BCUT2D eigenvalue weighted by atomic mass is 10.3. The summed E-state index contributed by atoms with van der Waals surface area (Å²) < 4.78 is 1.53. The van der Waals surface area contributed by atoms with E-state index in [4.69, 9.17) is 17.1 Å². The van der Waals surface area contributed by atoms with Crippen LogP contribution in [0.1, 0.15) is 5.56 Å². The van der Waals surface area contributed by atoms with Gasteiger partial charge in [-0.3, -0.25) is 0 Å². The minimum atomic E-state index is 0.127. The van der Waals surface area contributed by atoms with Crippen molar-refractivity contribution in [1.29, 1.82) is 0 Å². The Morgan fingerprint density at radius 3 is 3.06 bits per heavy atom. The Morgan fingerprint density at radius 1 is 1.44 bits per heavy atom. The van der Waals surface area contributed by atoms with Gasteiger partial charge in [0.15, 0.2) is 11.0 Å². The largest absolute Gasteiger partial charge is 0.220 e. The van der Waals surface area contributed by atoms with Gasteiger partial charge in [-0.15, -0.1) is 10.2 Å².